The Labute approximate surface area is 124 Å². The van der Waals surface area contributed by atoms with Crippen molar-refractivity contribution >= 4 is 58.3 Å². The van der Waals surface area contributed by atoms with Gasteiger partial charge in [0.15, 0.2) is 0 Å². The topological polar surface area (TPSA) is 74.6 Å². The highest BCUT2D eigenvalue weighted by Crippen LogP contribution is 2.22. The Morgan fingerprint density at radius 3 is 1.28 bits per heavy atom. The van der Waals surface area contributed by atoms with Gasteiger partial charge in [0.25, 0.3) is 0 Å². The van der Waals surface area contributed by atoms with Crippen molar-refractivity contribution in [3.05, 3.63) is 11.1 Å². The number of halogens is 4. The zero-order chi connectivity index (χ0) is 14.3. The molecule has 18 heavy (non-hydrogen) atoms. The van der Waals surface area contributed by atoms with E-state index in [-0.39, 0.29) is 35.7 Å². The molecular weight excluding hydrogens is 326 g/mol. The van der Waals surface area contributed by atoms with E-state index in [4.69, 9.17) is 56.6 Å². The van der Waals surface area contributed by atoms with E-state index < -0.39 is 22.7 Å². The van der Waals surface area contributed by atoms with Gasteiger partial charge >= 0.3 is 11.9 Å². The zero-order valence-electron chi connectivity index (χ0n) is 9.21. The minimum atomic E-state index is -1.35. The fraction of sp³-hybridized carbons (Fsp3) is 0.600. The standard InChI is InChI=1S/C10H12Cl4O4/c11-3-5(13)1-7(9(15)16)8(10(17)18)2-6(14)4-12/h5-6H,1-4H2,(H,15,16)(H,17,18)/b8-7+. The van der Waals surface area contributed by atoms with E-state index in [0.29, 0.717) is 0 Å². The molecule has 4 nitrogen and oxygen atoms in total. The fourth-order valence-corrected chi connectivity index (χ4v) is 1.76. The highest BCUT2D eigenvalue weighted by molar-refractivity contribution is 6.29. The molecule has 0 heterocycles. The molecule has 0 saturated heterocycles. The number of hydrogen-bond donors (Lipinski definition) is 2. The van der Waals surface area contributed by atoms with Crippen LogP contribution in [0.25, 0.3) is 0 Å². The Kier molecular flexibility index (Phi) is 8.78. The maximum Gasteiger partial charge on any atom is 0.332 e. The van der Waals surface area contributed by atoms with Gasteiger partial charge in [-0.15, -0.1) is 46.4 Å². The van der Waals surface area contributed by atoms with Crippen molar-refractivity contribution in [2.45, 2.75) is 23.6 Å². The van der Waals surface area contributed by atoms with Crippen LogP contribution in [0.15, 0.2) is 11.1 Å². The van der Waals surface area contributed by atoms with Crippen molar-refractivity contribution in [1.29, 1.82) is 0 Å². The Morgan fingerprint density at radius 2 is 1.11 bits per heavy atom. The van der Waals surface area contributed by atoms with Gasteiger partial charge in [-0.05, 0) is 12.8 Å². The number of aliphatic carboxylic acids is 2. The number of hydrogen-bond acceptors (Lipinski definition) is 2. The maximum absolute atomic E-state index is 11.1. The van der Waals surface area contributed by atoms with Crippen molar-refractivity contribution < 1.29 is 19.8 Å². The van der Waals surface area contributed by atoms with E-state index in [1.54, 1.807) is 0 Å². The lowest BCUT2D eigenvalue weighted by molar-refractivity contribution is -0.136. The van der Waals surface area contributed by atoms with Crippen molar-refractivity contribution in [2.24, 2.45) is 0 Å². The first-order valence-corrected chi connectivity index (χ1v) is 6.86. The molecule has 2 N–H and O–H groups in total. The van der Waals surface area contributed by atoms with Crippen molar-refractivity contribution in [3.63, 3.8) is 0 Å². The lowest BCUT2D eigenvalue weighted by Crippen LogP contribution is -2.18. The first-order chi connectivity index (χ1) is 8.33. The molecule has 0 aromatic carbocycles. The highest BCUT2D eigenvalue weighted by atomic mass is 35.5. The van der Waals surface area contributed by atoms with E-state index in [9.17, 15) is 9.59 Å². The largest absolute Gasteiger partial charge is 0.478 e. The van der Waals surface area contributed by atoms with Crippen LogP contribution in [0.4, 0.5) is 0 Å². The van der Waals surface area contributed by atoms with Gasteiger partial charge in [-0.1, -0.05) is 0 Å². The number of carbonyl (C=O) groups is 2. The van der Waals surface area contributed by atoms with E-state index >= 15 is 0 Å². The molecule has 0 aromatic heterocycles. The van der Waals surface area contributed by atoms with E-state index in [1.807, 2.05) is 0 Å². The van der Waals surface area contributed by atoms with Gasteiger partial charge in [-0.3, -0.25) is 0 Å². The molecule has 0 radical (unpaired) electrons. The SMILES string of the molecule is O=C(O)/C(CC(Cl)CCl)=C(\CC(Cl)CCl)C(=O)O. The van der Waals surface area contributed by atoms with Crippen molar-refractivity contribution in [2.75, 3.05) is 11.8 Å². The van der Waals surface area contributed by atoms with Gasteiger partial charge < -0.3 is 10.2 Å². The highest BCUT2D eigenvalue weighted by Gasteiger charge is 2.24. The van der Waals surface area contributed by atoms with Gasteiger partial charge in [0, 0.05) is 22.9 Å². The Bertz CT molecular complexity index is 311. The summed E-state index contributed by atoms with van der Waals surface area (Å²) >= 11 is 22.4. The molecule has 2 unspecified atom stereocenters. The second-order valence-electron chi connectivity index (χ2n) is 3.48. The van der Waals surface area contributed by atoms with Gasteiger partial charge in [0.2, 0.25) is 0 Å². The predicted octanol–water partition coefficient (Wildman–Crippen LogP) is 2.92. The second-order valence-corrected chi connectivity index (χ2v) is 5.33. The zero-order valence-corrected chi connectivity index (χ0v) is 12.2. The number of rotatable bonds is 8. The first kappa shape index (κ1) is 17.8. The number of carboxylic acids is 2. The summed E-state index contributed by atoms with van der Waals surface area (Å²) in [5.41, 5.74) is -0.585. The van der Waals surface area contributed by atoms with E-state index in [2.05, 4.69) is 0 Å². The predicted molar refractivity (Wildman–Crippen MR) is 72.3 cm³/mol. The Balaban J connectivity index is 5.29. The quantitative estimate of drug-likeness (QED) is 0.527. The van der Waals surface area contributed by atoms with Crippen LogP contribution in [-0.2, 0) is 9.59 Å². The Morgan fingerprint density at radius 1 is 0.833 bits per heavy atom. The second kappa shape index (κ2) is 8.86. The third-order valence-electron chi connectivity index (χ3n) is 2.07. The molecule has 0 amide bonds. The summed E-state index contributed by atoms with van der Waals surface area (Å²) in [5, 5.41) is 16.7. The average molecular weight is 338 g/mol. The lowest BCUT2D eigenvalue weighted by atomic mass is 9.99. The van der Waals surface area contributed by atoms with Crippen molar-refractivity contribution in [1.82, 2.24) is 0 Å². The smallest absolute Gasteiger partial charge is 0.332 e. The third-order valence-corrected chi connectivity index (χ3v) is 3.74. The minimum absolute atomic E-state index is 0.0189. The third kappa shape index (κ3) is 6.14. The Hall–Kier alpha value is -0.160. The molecule has 0 aromatic rings. The summed E-state index contributed by atoms with van der Waals surface area (Å²) < 4.78 is 0. The molecule has 0 aliphatic carbocycles. The summed E-state index contributed by atoms with van der Waals surface area (Å²) in [6.45, 7) is 0. The van der Waals surface area contributed by atoms with Gasteiger partial charge in [-0.25, -0.2) is 9.59 Å². The summed E-state index contributed by atoms with van der Waals surface area (Å²) in [6, 6.07) is 0. The first-order valence-electron chi connectivity index (χ1n) is 4.92. The van der Waals surface area contributed by atoms with Gasteiger partial charge in [0.1, 0.15) is 0 Å². The van der Waals surface area contributed by atoms with Crippen LogP contribution in [0.3, 0.4) is 0 Å². The minimum Gasteiger partial charge on any atom is -0.478 e. The number of alkyl halides is 4. The van der Waals surface area contributed by atoms with Gasteiger partial charge in [-0.2, -0.15) is 0 Å². The lowest BCUT2D eigenvalue weighted by Gasteiger charge is -2.12. The van der Waals surface area contributed by atoms with E-state index in [1.165, 1.54) is 0 Å². The summed E-state index contributed by atoms with van der Waals surface area (Å²) in [5.74, 6) is -2.65. The molecule has 0 aliphatic heterocycles. The van der Waals surface area contributed by atoms with Crippen LogP contribution in [0.2, 0.25) is 0 Å². The molecule has 0 rings (SSSR count). The summed E-state index contributed by atoms with van der Waals surface area (Å²) in [7, 11) is 0. The summed E-state index contributed by atoms with van der Waals surface area (Å²) in [4.78, 5) is 22.1. The van der Waals surface area contributed by atoms with E-state index in [0.717, 1.165) is 0 Å². The van der Waals surface area contributed by atoms with Crippen molar-refractivity contribution in [3.8, 4) is 0 Å². The molecule has 8 heteroatoms. The van der Waals surface area contributed by atoms with Crippen LogP contribution in [0, 0.1) is 0 Å². The normalized spacial score (nSPS) is 15.8. The average Bonchev–Trinajstić information content (AvgIpc) is 2.31. The molecule has 0 aliphatic rings. The molecule has 0 saturated carbocycles. The van der Waals surface area contributed by atoms with Crippen LogP contribution in [0.5, 0.6) is 0 Å². The monoisotopic (exact) mass is 336 g/mol. The number of carboxylic acid groups (broad SMARTS) is 2. The van der Waals surface area contributed by atoms with Crippen LogP contribution in [-0.4, -0.2) is 44.7 Å². The van der Waals surface area contributed by atoms with Crippen LogP contribution >= 0.6 is 46.4 Å². The molecular formula is C10H12Cl4O4. The molecule has 0 bridgehead atoms. The van der Waals surface area contributed by atoms with Crippen LogP contribution < -0.4 is 0 Å². The molecule has 0 spiro atoms. The molecule has 0 fully saturated rings. The molecule has 2 atom stereocenters. The molecule has 104 valence electrons. The van der Waals surface area contributed by atoms with Crippen LogP contribution in [0.1, 0.15) is 12.8 Å². The fourth-order valence-electron chi connectivity index (χ4n) is 1.23. The van der Waals surface area contributed by atoms with Gasteiger partial charge in [0.05, 0.1) is 10.8 Å². The summed E-state index contributed by atoms with van der Waals surface area (Å²) in [6.07, 6.45) is -0.290. The maximum atomic E-state index is 11.1.